The summed E-state index contributed by atoms with van der Waals surface area (Å²) in [4.78, 5) is 12.9. The van der Waals surface area contributed by atoms with Gasteiger partial charge in [-0.2, -0.15) is 0 Å². The third-order valence-electron chi connectivity index (χ3n) is 3.47. The highest BCUT2D eigenvalue weighted by molar-refractivity contribution is 5.64. The van der Waals surface area contributed by atoms with Crippen LogP contribution in [0.2, 0.25) is 0 Å². The van der Waals surface area contributed by atoms with Crippen LogP contribution in [0, 0.1) is 16.0 Å². The lowest BCUT2D eigenvalue weighted by Gasteiger charge is -2.13. The maximum atomic E-state index is 11.0. The molecule has 1 fully saturated rings. The first-order valence-electron chi connectivity index (χ1n) is 6.35. The average Bonchev–Trinajstić information content (AvgIpc) is 2.81. The number of nitro groups is 1. The van der Waals surface area contributed by atoms with Gasteiger partial charge in [-0.15, -0.1) is 0 Å². The van der Waals surface area contributed by atoms with Gasteiger partial charge in [0.25, 0.3) is 5.69 Å². The van der Waals surface area contributed by atoms with Gasteiger partial charge >= 0.3 is 0 Å². The summed E-state index contributed by atoms with van der Waals surface area (Å²) in [6.45, 7) is 2.87. The molecule has 0 amide bonds. The zero-order chi connectivity index (χ0) is 13.8. The SMILES string of the molecule is COc1ccc([N+](=O)[O-])c(NCC2CCN(C)C2)c1. The largest absolute Gasteiger partial charge is 0.497 e. The molecule has 1 saturated heterocycles. The molecule has 1 unspecified atom stereocenters. The number of nitrogens with one attached hydrogen (secondary N) is 1. The fourth-order valence-electron chi connectivity index (χ4n) is 2.39. The van der Waals surface area contributed by atoms with Crippen molar-refractivity contribution in [2.24, 2.45) is 5.92 Å². The van der Waals surface area contributed by atoms with Crippen LogP contribution in [0.5, 0.6) is 5.75 Å². The van der Waals surface area contributed by atoms with Gasteiger partial charge in [-0.25, -0.2) is 0 Å². The third kappa shape index (κ3) is 3.35. The normalized spacial score (nSPS) is 19.4. The number of nitro benzene ring substituents is 1. The first kappa shape index (κ1) is 13.6. The van der Waals surface area contributed by atoms with Gasteiger partial charge in [0, 0.05) is 25.2 Å². The van der Waals surface area contributed by atoms with Crippen LogP contribution >= 0.6 is 0 Å². The lowest BCUT2D eigenvalue weighted by atomic mass is 10.1. The Kier molecular flexibility index (Phi) is 4.21. The van der Waals surface area contributed by atoms with Gasteiger partial charge in [-0.1, -0.05) is 0 Å². The molecule has 2 rings (SSSR count). The van der Waals surface area contributed by atoms with Crippen molar-refractivity contribution in [2.75, 3.05) is 39.1 Å². The summed E-state index contributed by atoms with van der Waals surface area (Å²) in [6.07, 6.45) is 1.13. The van der Waals surface area contributed by atoms with E-state index in [0.29, 0.717) is 17.4 Å². The van der Waals surface area contributed by atoms with E-state index in [0.717, 1.165) is 26.1 Å². The zero-order valence-corrected chi connectivity index (χ0v) is 11.3. The van der Waals surface area contributed by atoms with E-state index in [9.17, 15) is 10.1 Å². The van der Waals surface area contributed by atoms with Gasteiger partial charge in [0.15, 0.2) is 0 Å². The molecule has 1 aromatic rings. The summed E-state index contributed by atoms with van der Waals surface area (Å²) in [6, 6.07) is 4.76. The minimum atomic E-state index is -0.372. The lowest BCUT2D eigenvalue weighted by molar-refractivity contribution is -0.384. The Morgan fingerprint density at radius 1 is 1.58 bits per heavy atom. The topological polar surface area (TPSA) is 67.6 Å². The molecule has 0 aromatic heterocycles. The summed E-state index contributed by atoms with van der Waals surface area (Å²) in [5, 5.41) is 14.2. The molecule has 0 spiro atoms. The second-order valence-corrected chi connectivity index (χ2v) is 4.94. The van der Waals surface area contributed by atoms with E-state index in [-0.39, 0.29) is 10.6 Å². The number of hydrogen-bond acceptors (Lipinski definition) is 5. The van der Waals surface area contributed by atoms with Crippen LogP contribution < -0.4 is 10.1 Å². The van der Waals surface area contributed by atoms with Crippen molar-refractivity contribution in [1.29, 1.82) is 0 Å². The van der Waals surface area contributed by atoms with Crippen molar-refractivity contribution in [2.45, 2.75) is 6.42 Å². The van der Waals surface area contributed by atoms with E-state index < -0.39 is 0 Å². The fraction of sp³-hybridized carbons (Fsp3) is 0.538. The number of likely N-dealkylation sites (tertiary alicyclic amines) is 1. The maximum absolute atomic E-state index is 11.0. The van der Waals surface area contributed by atoms with E-state index in [2.05, 4.69) is 17.3 Å². The number of benzene rings is 1. The molecule has 1 aromatic carbocycles. The first-order chi connectivity index (χ1) is 9.10. The number of rotatable bonds is 5. The Labute approximate surface area is 112 Å². The van der Waals surface area contributed by atoms with Crippen molar-refractivity contribution < 1.29 is 9.66 Å². The van der Waals surface area contributed by atoms with Crippen LogP contribution in [0.3, 0.4) is 0 Å². The molecule has 0 bridgehead atoms. The molecule has 0 saturated carbocycles. The van der Waals surface area contributed by atoms with Gasteiger partial charge in [0.1, 0.15) is 11.4 Å². The van der Waals surface area contributed by atoms with Gasteiger partial charge in [0.05, 0.1) is 12.0 Å². The number of ether oxygens (including phenoxy) is 1. The highest BCUT2D eigenvalue weighted by atomic mass is 16.6. The standard InChI is InChI=1S/C13H19N3O3/c1-15-6-5-10(9-15)8-14-12-7-11(19-2)3-4-13(12)16(17)18/h3-4,7,10,14H,5-6,8-9H2,1-2H3. The Bertz CT molecular complexity index is 464. The van der Waals surface area contributed by atoms with Gasteiger partial charge in [-0.3, -0.25) is 10.1 Å². The van der Waals surface area contributed by atoms with Crippen LogP contribution in [0.15, 0.2) is 18.2 Å². The summed E-state index contributed by atoms with van der Waals surface area (Å²) >= 11 is 0. The molecular formula is C13H19N3O3. The van der Waals surface area contributed by atoms with E-state index in [1.807, 2.05) is 0 Å². The first-order valence-corrected chi connectivity index (χ1v) is 6.35. The molecule has 0 aliphatic carbocycles. The summed E-state index contributed by atoms with van der Waals surface area (Å²) in [7, 11) is 3.64. The number of methoxy groups -OCH3 is 1. The van der Waals surface area contributed by atoms with E-state index in [1.54, 1.807) is 19.2 Å². The Hall–Kier alpha value is -1.82. The highest BCUT2D eigenvalue weighted by Crippen LogP contribution is 2.29. The van der Waals surface area contributed by atoms with Crippen LogP contribution in [0.4, 0.5) is 11.4 Å². The van der Waals surface area contributed by atoms with E-state index in [4.69, 9.17) is 4.74 Å². The zero-order valence-electron chi connectivity index (χ0n) is 11.3. The second kappa shape index (κ2) is 5.88. The number of nitrogens with zero attached hydrogens (tertiary/aromatic N) is 2. The minimum Gasteiger partial charge on any atom is -0.497 e. The van der Waals surface area contributed by atoms with E-state index >= 15 is 0 Å². The third-order valence-corrected chi connectivity index (χ3v) is 3.47. The van der Waals surface area contributed by atoms with Crippen molar-refractivity contribution in [3.8, 4) is 5.75 Å². The fourth-order valence-corrected chi connectivity index (χ4v) is 2.39. The molecule has 19 heavy (non-hydrogen) atoms. The van der Waals surface area contributed by atoms with Crippen LogP contribution in [-0.4, -0.2) is 43.6 Å². The molecule has 1 atom stereocenters. The molecule has 6 heteroatoms. The Balaban J connectivity index is 2.06. The maximum Gasteiger partial charge on any atom is 0.292 e. The highest BCUT2D eigenvalue weighted by Gasteiger charge is 2.21. The predicted molar refractivity (Wildman–Crippen MR) is 73.7 cm³/mol. The smallest absolute Gasteiger partial charge is 0.292 e. The molecule has 6 nitrogen and oxygen atoms in total. The summed E-state index contributed by atoms with van der Waals surface area (Å²) in [5.74, 6) is 1.16. The number of hydrogen-bond donors (Lipinski definition) is 1. The van der Waals surface area contributed by atoms with Gasteiger partial charge in [0.2, 0.25) is 0 Å². The average molecular weight is 265 g/mol. The summed E-state index contributed by atoms with van der Waals surface area (Å²) < 4.78 is 5.11. The monoisotopic (exact) mass is 265 g/mol. The molecule has 0 radical (unpaired) electrons. The molecule has 1 heterocycles. The molecule has 1 aliphatic heterocycles. The predicted octanol–water partition coefficient (Wildman–Crippen LogP) is 1.97. The number of anilines is 1. The summed E-state index contributed by atoms with van der Waals surface area (Å²) in [5.41, 5.74) is 0.617. The molecule has 104 valence electrons. The van der Waals surface area contributed by atoms with Crippen molar-refractivity contribution >= 4 is 11.4 Å². The van der Waals surface area contributed by atoms with Crippen LogP contribution in [0.1, 0.15) is 6.42 Å². The second-order valence-electron chi connectivity index (χ2n) is 4.94. The van der Waals surface area contributed by atoms with Crippen molar-refractivity contribution in [3.63, 3.8) is 0 Å². The minimum absolute atomic E-state index is 0.0900. The Morgan fingerprint density at radius 2 is 2.37 bits per heavy atom. The Morgan fingerprint density at radius 3 is 2.95 bits per heavy atom. The van der Waals surface area contributed by atoms with Gasteiger partial charge < -0.3 is 15.0 Å². The molecule has 1 N–H and O–H groups in total. The lowest BCUT2D eigenvalue weighted by Crippen LogP contribution is -2.19. The quantitative estimate of drug-likeness (QED) is 0.651. The van der Waals surface area contributed by atoms with E-state index in [1.165, 1.54) is 6.07 Å². The molecule has 1 aliphatic rings. The van der Waals surface area contributed by atoms with Gasteiger partial charge in [-0.05, 0) is 32.0 Å². The van der Waals surface area contributed by atoms with Crippen LogP contribution in [-0.2, 0) is 0 Å². The van der Waals surface area contributed by atoms with Crippen molar-refractivity contribution in [3.05, 3.63) is 28.3 Å². The molecular weight excluding hydrogens is 246 g/mol. The van der Waals surface area contributed by atoms with Crippen molar-refractivity contribution in [1.82, 2.24) is 4.90 Å². The van der Waals surface area contributed by atoms with Crippen LogP contribution in [0.25, 0.3) is 0 Å².